The summed E-state index contributed by atoms with van der Waals surface area (Å²) in [7, 11) is 1.64. The molecule has 0 spiro atoms. The van der Waals surface area contributed by atoms with E-state index in [-0.39, 0.29) is 17.9 Å². The lowest BCUT2D eigenvalue weighted by Gasteiger charge is -2.21. The van der Waals surface area contributed by atoms with E-state index in [0.29, 0.717) is 12.8 Å². The molecule has 0 aliphatic carbocycles. The summed E-state index contributed by atoms with van der Waals surface area (Å²) in [5, 5.41) is 3.29. The van der Waals surface area contributed by atoms with Crippen LogP contribution >= 0.6 is 0 Å². The van der Waals surface area contributed by atoms with Gasteiger partial charge >= 0.3 is 0 Å². The number of nitrogens with zero attached hydrogens (tertiary/aromatic N) is 1. The van der Waals surface area contributed by atoms with Crippen LogP contribution in [0.2, 0.25) is 0 Å². The zero-order chi connectivity index (χ0) is 20.4. The summed E-state index contributed by atoms with van der Waals surface area (Å²) in [4.78, 5) is 25.5. The van der Waals surface area contributed by atoms with Gasteiger partial charge in [-0.15, -0.1) is 0 Å². The van der Waals surface area contributed by atoms with E-state index in [9.17, 15) is 9.59 Å². The smallest absolute Gasteiger partial charge is 0.251 e. The summed E-state index contributed by atoms with van der Waals surface area (Å²) in [5.74, 6) is -0.0224. The van der Waals surface area contributed by atoms with E-state index in [4.69, 9.17) is 4.74 Å². The van der Waals surface area contributed by atoms with E-state index >= 15 is 0 Å². The summed E-state index contributed by atoms with van der Waals surface area (Å²) >= 11 is 0. The molecule has 1 heterocycles. The number of ether oxygens (including phenoxy) is 1. The van der Waals surface area contributed by atoms with Crippen LogP contribution in [0.15, 0.2) is 66.7 Å². The van der Waals surface area contributed by atoms with Crippen LogP contribution in [0.1, 0.15) is 30.4 Å². The molecule has 3 aromatic carbocycles. The summed E-state index contributed by atoms with van der Waals surface area (Å²) in [6, 6.07) is 21.7. The average Bonchev–Trinajstić information content (AvgIpc) is 3.12. The molecule has 0 saturated carbocycles. The minimum atomic E-state index is -0.423. The van der Waals surface area contributed by atoms with Crippen molar-refractivity contribution < 1.29 is 14.3 Å². The summed E-state index contributed by atoms with van der Waals surface area (Å²) in [6.07, 6.45) is 1.04. The first-order chi connectivity index (χ1) is 14.0. The van der Waals surface area contributed by atoms with Crippen molar-refractivity contribution in [3.05, 3.63) is 77.9 Å². The first kappa shape index (κ1) is 19.2. The van der Waals surface area contributed by atoms with Crippen molar-refractivity contribution in [3.8, 4) is 5.75 Å². The Morgan fingerprint density at radius 1 is 1.10 bits per heavy atom. The molecule has 5 heteroatoms. The number of benzene rings is 3. The molecule has 0 unspecified atom stereocenters. The van der Waals surface area contributed by atoms with Crippen LogP contribution in [0, 0.1) is 0 Å². The van der Waals surface area contributed by atoms with Gasteiger partial charge in [0.05, 0.1) is 13.0 Å². The number of imide groups is 1. The predicted octanol–water partition coefficient (Wildman–Crippen LogP) is 3.83. The summed E-state index contributed by atoms with van der Waals surface area (Å²) < 4.78 is 5.26. The summed E-state index contributed by atoms with van der Waals surface area (Å²) in [5.41, 5.74) is 5.14. The normalized spacial score (nSPS) is 17.5. The minimum Gasteiger partial charge on any atom is -0.497 e. The van der Waals surface area contributed by atoms with Gasteiger partial charge in [-0.1, -0.05) is 54.6 Å². The largest absolute Gasteiger partial charge is 0.497 e. The molecular formula is C24H24N2O3. The lowest BCUT2D eigenvalue weighted by atomic mass is 9.97. The molecular weight excluding hydrogens is 364 g/mol. The van der Waals surface area contributed by atoms with Gasteiger partial charge in [0.15, 0.2) is 0 Å². The lowest BCUT2D eigenvalue weighted by Crippen LogP contribution is -2.44. The number of hydrogen-bond acceptors (Lipinski definition) is 4. The highest BCUT2D eigenvalue weighted by molar-refractivity contribution is 5.99. The van der Waals surface area contributed by atoms with Crippen LogP contribution in [0.5, 0.6) is 5.75 Å². The third-order valence-electron chi connectivity index (χ3n) is 5.47. The Balaban J connectivity index is 1.48. The van der Waals surface area contributed by atoms with Crippen LogP contribution in [-0.2, 0) is 16.0 Å². The molecule has 1 aliphatic heterocycles. The van der Waals surface area contributed by atoms with Crippen molar-refractivity contribution in [1.29, 1.82) is 0 Å². The lowest BCUT2D eigenvalue weighted by molar-refractivity contribution is -0.145. The van der Waals surface area contributed by atoms with Gasteiger partial charge in [-0.3, -0.25) is 9.59 Å². The number of nitrogens with one attached hydrogen (secondary N) is 1. The molecule has 0 aromatic heterocycles. The van der Waals surface area contributed by atoms with Crippen LogP contribution < -0.4 is 10.2 Å². The Hall–Kier alpha value is -3.18. The Morgan fingerprint density at radius 2 is 1.83 bits per heavy atom. The van der Waals surface area contributed by atoms with Gasteiger partial charge in [0.25, 0.3) is 5.91 Å². The second-order valence-electron chi connectivity index (χ2n) is 7.48. The van der Waals surface area contributed by atoms with Crippen molar-refractivity contribution in [2.24, 2.45) is 0 Å². The van der Waals surface area contributed by atoms with E-state index in [1.54, 1.807) is 7.11 Å². The third kappa shape index (κ3) is 4.00. The molecule has 29 heavy (non-hydrogen) atoms. The fourth-order valence-corrected chi connectivity index (χ4v) is 3.78. The van der Waals surface area contributed by atoms with Gasteiger partial charge in [0.1, 0.15) is 5.75 Å². The van der Waals surface area contributed by atoms with Gasteiger partial charge in [-0.2, -0.15) is 0 Å². The van der Waals surface area contributed by atoms with E-state index in [1.807, 2.05) is 73.7 Å². The number of amides is 2. The molecule has 1 saturated heterocycles. The van der Waals surface area contributed by atoms with Crippen LogP contribution in [0.25, 0.3) is 10.8 Å². The van der Waals surface area contributed by atoms with Crippen molar-refractivity contribution >= 4 is 22.6 Å². The van der Waals surface area contributed by atoms with Crippen molar-refractivity contribution in [2.45, 2.75) is 31.7 Å². The van der Waals surface area contributed by atoms with E-state index in [1.165, 1.54) is 5.01 Å². The maximum absolute atomic E-state index is 13.0. The highest BCUT2D eigenvalue weighted by Crippen LogP contribution is 2.27. The van der Waals surface area contributed by atoms with Gasteiger partial charge in [0.2, 0.25) is 5.91 Å². The van der Waals surface area contributed by atoms with Crippen molar-refractivity contribution in [3.63, 3.8) is 0 Å². The second-order valence-corrected chi connectivity index (χ2v) is 7.48. The van der Waals surface area contributed by atoms with Crippen LogP contribution in [0.4, 0.5) is 0 Å². The standard InChI is InChI=1S/C24H24N2O3/c1-16(18-8-9-20-14-22(29-2)11-10-19(20)13-18)24(28)26-23(27)15-21(25-26)12-17-6-4-3-5-7-17/h3-11,13-14,16,21,25H,12,15H2,1-2H3/t16-,21-/m0/s1. The van der Waals surface area contributed by atoms with Gasteiger partial charge in [0, 0.05) is 12.5 Å². The molecule has 3 aromatic rings. The molecule has 0 bridgehead atoms. The first-order valence-corrected chi connectivity index (χ1v) is 9.80. The van der Waals surface area contributed by atoms with E-state index in [2.05, 4.69) is 5.43 Å². The number of fused-ring (bicyclic) bond motifs is 1. The Kier molecular flexibility index (Phi) is 5.32. The SMILES string of the molecule is COc1ccc2cc([C@H](C)C(=O)N3N[C@@H](Cc4ccccc4)CC3=O)ccc2c1. The molecule has 5 nitrogen and oxygen atoms in total. The minimum absolute atomic E-state index is 0.0647. The number of rotatable bonds is 5. The van der Waals surface area contributed by atoms with E-state index < -0.39 is 5.92 Å². The highest BCUT2D eigenvalue weighted by Gasteiger charge is 2.36. The zero-order valence-corrected chi connectivity index (χ0v) is 16.6. The summed E-state index contributed by atoms with van der Waals surface area (Å²) in [6.45, 7) is 1.84. The number of carbonyl (C=O) groups is 2. The Morgan fingerprint density at radius 3 is 2.59 bits per heavy atom. The monoisotopic (exact) mass is 388 g/mol. The second kappa shape index (κ2) is 8.05. The molecule has 4 rings (SSSR count). The quantitative estimate of drug-likeness (QED) is 0.722. The molecule has 1 N–H and O–H groups in total. The van der Waals surface area contributed by atoms with Gasteiger partial charge in [-0.25, -0.2) is 10.4 Å². The average molecular weight is 388 g/mol. The Bertz CT molecular complexity index is 1050. The number of hydrogen-bond donors (Lipinski definition) is 1. The van der Waals surface area contributed by atoms with Crippen LogP contribution in [-0.4, -0.2) is 30.0 Å². The first-order valence-electron chi connectivity index (χ1n) is 9.80. The number of carbonyl (C=O) groups excluding carboxylic acids is 2. The third-order valence-corrected chi connectivity index (χ3v) is 5.47. The molecule has 2 atom stereocenters. The zero-order valence-electron chi connectivity index (χ0n) is 16.6. The fraction of sp³-hybridized carbons (Fsp3) is 0.250. The van der Waals surface area contributed by atoms with Crippen molar-refractivity contribution in [1.82, 2.24) is 10.4 Å². The van der Waals surface area contributed by atoms with Gasteiger partial charge in [-0.05, 0) is 47.4 Å². The predicted molar refractivity (Wildman–Crippen MR) is 112 cm³/mol. The molecule has 1 fully saturated rings. The fourth-order valence-electron chi connectivity index (χ4n) is 3.78. The molecule has 1 aliphatic rings. The molecule has 0 radical (unpaired) electrons. The highest BCUT2D eigenvalue weighted by atomic mass is 16.5. The molecule has 148 valence electrons. The Labute approximate surface area is 170 Å². The maximum atomic E-state index is 13.0. The number of methoxy groups -OCH3 is 1. The number of hydrazine groups is 1. The topological polar surface area (TPSA) is 58.6 Å². The molecule has 2 amide bonds. The van der Waals surface area contributed by atoms with Crippen LogP contribution in [0.3, 0.4) is 0 Å². The maximum Gasteiger partial charge on any atom is 0.251 e. The van der Waals surface area contributed by atoms with Gasteiger partial charge < -0.3 is 4.74 Å². The van der Waals surface area contributed by atoms with E-state index in [0.717, 1.165) is 27.6 Å². The van der Waals surface area contributed by atoms with Crippen molar-refractivity contribution in [2.75, 3.05) is 7.11 Å².